The Hall–Kier alpha value is -0.440. The summed E-state index contributed by atoms with van der Waals surface area (Å²) in [5.74, 6) is -2.24. The van der Waals surface area contributed by atoms with Crippen LogP contribution in [0.1, 0.15) is 167 Å². The van der Waals surface area contributed by atoms with Gasteiger partial charge >= 0.3 is 0 Å². The fraction of sp³-hybridized carbons (Fsp3) is 1.00. The van der Waals surface area contributed by atoms with E-state index in [-0.39, 0.29) is 61.0 Å². The largest absolute Gasteiger partial charge is 0.374 e. The van der Waals surface area contributed by atoms with Crippen molar-refractivity contribution in [2.45, 2.75) is 263 Å². The molecule has 0 radical (unpaired) electrons. The molecule has 55 heavy (non-hydrogen) atoms. The molecule has 11 nitrogen and oxygen atoms in total. The maximum absolute atomic E-state index is 6.64. The predicted molar refractivity (Wildman–Crippen MR) is 208 cm³/mol. The molecule has 6 aliphatic rings. The molecule has 0 saturated carbocycles. The minimum Gasteiger partial charge on any atom is -0.374 e. The van der Waals surface area contributed by atoms with Crippen LogP contribution in [0.3, 0.4) is 0 Å². The lowest BCUT2D eigenvalue weighted by Crippen LogP contribution is -2.52. The highest BCUT2D eigenvalue weighted by molar-refractivity contribution is 4.90. The van der Waals surface area contributed by atoms with E-state index in [0.717, 1.165) is 70.6 Å². The predicted octanol–water partition coefficient (Wildman–Crippen LogP) is 8.96. The van der Waals surface area contributed by atoms with Crippen LogP contribution in [0.25, 0.3) is 0 Å². The lowest BCUT2D eigenvalue weighted by molar-refractivity contribution is -0.340. The van der Waals surface area contributed by atoms with Crippen LogP contribution < -0.4 is 0 Å². The van der Waals surface area contributed by atoms with Crippen molar-refractivity contribution in [1.82, 2.24) is 0 Å². The van der Waals surface area contributed by atoms with Crippen molar-refractivity contribution < 1.29 is 52.1 Å². The lowest BCUT2D eigenvalue weighted by atomic mass is 9.85. The van der Waals surface area contributed by atoms with E-state index in [1.165, 1.54) is 6.42 Å². The van der Waals surface area contributed by atoms with E-state index in [9.17, 15) is 0 Å². The van der Waals surface area contributed by atoms with Gasteiger partial charge in [0.2, 0.25) is 0 Å². The molecule has 0 unspecified atom stereocenters. The van der Waals surface area contributed by atoms with Gasteiger partial charge < -0.3 is 52.1 Å². The van der Waals surface area contributed by atoms with Gasteiger partial charge in [-0.25, -0.2) is 0 Å². The second kappa shape index (κ2) is 17.3. The fourth-order valence-electron chi connectivity index (χ4n) is 10.6. The van der Waals surface area contributed by atoms with Crippen LogP contribution in [-0.4, -0.2) is 103 Å². The maximum atomic E-state index is 6.64. The first kappa shape index (κ1) is 44.1. The van der Waals surface area contributed by atoms with Crippen molar-refractivity contribution in [2.24, 2.45) is 11.8 Å². The third-order valence-corrected chi connectivity index (χ3v) is 12.2. The van der Waals surface area contributed by atoms with Gasteiger partial charge in [0.15, 0.2) is 28.9 Å². The molecule has 0 aromatic carbocycles. The second-order valence-electron chi connectivity index (χ2n) is 20.4. The van der Waals surface area contributed by atoms with Crippen LogP contribution in [-0.2, 0) is 52.1 Å². The van der Waals surface area contributed by atoms with Gasteiger partial charge in [0.1, 0.15) is 0 Å². The molecule has 0 N–H and O–H groups in total. The van der Waals surface area contributed by atoms with Gasteiger partial charge in [-0.05, 0) is 100 Å². The minimum absolute atomic E-state index is 0.00113. The van der Waals surface area contributed by atoms with Gasteiger partial charge in [0.25, 0.3) is 0 Å². The van der Waals surface area contributed by atoms with Crippen LogP contribution in [0.4, 0.5) is 0 Å². The second-order valence-corrected chi connectivity index (χ2v) is 20.4. The van der Waals surface area contributed by atoms with E-state index in [4.69, 9.17) is 52.1 Å². The monoisotopic (exact) mass is 783 g/mol. The number of ether oxygens (including phenoxy) is 11. The van der Waals surface area contributed by atoms with E-state index < -0.39 is 28.9 Å². The van der Waals surface area contributed by atoms with Crippen LogP contribution in [0.15, 0.2) is 0 Å². The smallest absolute Gasteiger partial charge is 0.163 e. The molecule has 6 heterocycles. The Labute approximate surface area is 333 Å². The van der Waals surface area contributed by atoms with E-state index in [1.54, 1.807) is 0 Å². The highest BCUT2D eigenvalue weighted by atomic mass is 16.7. The van der Waals surface area contributed by atoms with Gasteiger partial charge in [-0.2, -0.15) is 0 Å². The fourth-order valence-corrected chi connectivity index (χ4v) is 10.6. The van der Waals surface area contributed by atoms with Crippen molar-refractivity contribution >= 4 is 0 Å². The van der Waals surface area contributed by atoms with Crippen LogP contribution in [0.2, 0.25) is 0 Å². The van der Waals surface area contributed by atoms with Crippen LogP contribution in [0, 0.1) is 11.8 Å². The first-order valence-corrected chi connectivity index (χ1v) is 21.9. The molecule has 320 valence electrons. The van der Waals surface area contributed by atoms with Crippen molar-refractivity contribution in [3.05, 3.63) is 0 Å². The zero-order valence-electron chi connectivity index (χ0n) is 36.7. The van der Waals surface area contributed by atoms with Gasteiger partial charge in [-0.1, -0.05) is 20.8 Å². The molecule has 0 aromatic heterocycles. The first-order chi connectivity index (χ1) is 25.5. The quantitative estimate of drug-likeness (QED) is 0.201. The summed E-state index contributed by atoms with van der Waals surface area (Å²) in [7, 11) is 0. The Morgan fingerprint density at radius 1 is 0.400 bits per heavy atom. The zero-order chi connectivity index (χ0) is 40.0. The van der Waals surface area contributed by atoms with E-state index in [1.807, 2.05) is 69.2 Å². The Bertz CT molecular complexity index is 1230. The summed E-state index contributed by atoms with van der Waals surface area (Å²) in [6, 6.07) is 0. The van der Waals surface area contributed by atoms with Gasteiger partial charge in [0, 0.05) is 57.8 Å². The molecule has 0 bridgehead atoms. The van der Waals surface area contributed by atoms with Crippen molar-refractivity contribution in [3.63, 3.8) is 0 Å². The summed E-state index contributed by atoms with van der Waals surface area (Å²) in [5, 5.41) is 0. The average molecular weight is 783 g/mol. The summed E-state index contributed by atoms with van der Waals surface area (Å²) >= 11 is 0. The third kappa shape index (κ3) is 13.0. The third-order valence-electron chi connectivity index (χ3n) is 12.2. The van der Waals surface area contributed by atoms with Crippen molar-refractivity contribution in [1.29, 1.82) is 0 Å². The zero-order valence-corrected chi connectivity index (χ0v) is 36.7. The molecule has 0 aromatic rings. The topological polar surface area (TPSA) is 102 Å². The molecule has 12 atom stereocenters. The van der Waals surface area contributed by atoms with Gasteiger partial charge in [-0.3, -0.25) is 0 Å². The molecule has 11 heteroatoms. The molecule has 0 aliphatic carbocycles. The van der Waals surface area contributed by atoms with Gasteiger partial charge in [-0.15, -0.1) is 0 Å². The summed E-state index contributed by atoms with van der Waals surface area (Å²) in [6.07, 6.45) is 11.1. The summed E-state index contributed by atoms with van der Waals surface area (Å²) < 4.78 is 71.0. The molecule has 0 amide bonds. The SMILES string of the molecule is CC(C)[C@H]1O[C@H](C[C@H]2C[C@@H](C[C@H]3C[C@@H](C[C@@H]4C[C@@H](C[C@@H]5C[C@H](C[C@H]6CCOC(C)(C)O6)OC(C)(C)O5)OC(C)(C)O4)OC(C)(C)O3)OC(C)(C)O2)CC[C@@H]1C. The van der Waals surface area contributed by atoms with Crippen molar-refractivity contribution in [3.8, 4) is 0 Å². The average Bonchev–Trinajstić information content (AvgIpc) is 2.98. The Kier molecular flexibility index (Phi) is 13.9. The molecule has 0 spiro atoms. The summed E-state index contributed by atoms with van der Waals surface area (Å²) in [6.45, 7) is 27.7. The number of hydrogen-bond donors (Lipinski definition) is 0. The highest BCUT2D eigenvalue weighted by Gasteiger charge is 2.46. The molecular formula is C44H78O11. The first-order valence-electron chi connectivity index (χ1n) is 21.9. The minimum atomic E-state index is -0.721. The maximum Gasteiger partial charge on any atom is 0.163 e. The molecule has 6 fully saturated rings. The van der Waals surface area contributed by atoms with E-state index in [0.29, 0.717) is 24.5 Å². The normalized spacial score (nSPS) is 42.9. The van der Waals surface area contributed by atoms with E-state index in [2.05, 4.69) is 20.8 Å². The highest BCUT2D eigenvalue weighted by Crippen LogP contribution is 2.41. The molecule has 6 rings (SSSR count). The van der Waals surface area contributed by atoms with Crippen LogP contribution >= 0.6 is 0 Å². The Balaban J connectivity index is 1.03. The summed E-state index contributed by atoms with van der Waals surface area (Å²) in [4.78, 5) is 0. The summed E-state index contributed by atoms with van der Waals surface area (Å²) in [5.41, 5.74) is 0. The van der Waals surface area contributed by atoms with E-state index >= 15 is 0 Å². The standard InChI is InChI=1S/C44H78O11/c1-27(2)39-28(3)14-15-29(46-39)18-31-20-33(50-41(6,7)48-31)22-35-24-37(54-43(10,11)52-35)26-38-25-36(53-44(12,13)55-38)23-34-21-32(49-42(8,9)51-34)19-30-16-17-45-40(4,5)47-30/h27-39H,14-26H2,1-13H3/t28-,29-,30+,31-,32-,33-,34-,35-,36+,37-,38-,39+/m0/s1. The number of hydrogen-bond acceptors (Lipinski definition) is 11. The number of rotatable bonds is 11. The van der Waals surface area contributed by atoms with Crippen molar-refractivity contribution in [2.75, 3.05) is 6.61 Å². The lowest BCUT2D eigenvalue weighted by Gasteiger charge is -2.48. The van der Waals surface area contributed by atoms with Gasteiger partial charge in [0.05, 0.1) is 73.8 Å². The van der Waals surface area contributed by atoms with Crippen LogP contribution in [0.5, 0.6) is 0 Å². The Morgan fingerprint density at radius 2 is 0.709 bits per heavy atom. The molecule has 6 saturated heterocycles. The molecule has 6 aliphatic heterocycles. The molecular weight excluding hydrogens is 704 g/mol. The Morgan fingerprint density at radius 3 is 1.04 bits per heavy atom.